The molecule has 7 nitrogen and oxygen atoms in total. The van der Waals surface area contributed by atoms with Gasteiger partial charge in [0.05, 0.1) is 23.6 Å². The van der Waals surface area contributed by atoms with Gasteiger partial charge in [-0.15, -0.1) is 0 Å². The summed E-state index contributed by atoms with van der Waals surface area (Å²) in [6.07, 6.45) is 1.80. The van der Waals surface area contributed by atoms with Crippen LogP contribution in [0.5, 0.6) is 5.75 Å². The van der Waals surface area contributed by atoms with Gasteiger partial charge in [-0.2, -0.15) is 10.4 Å². The fourth-order valence-electron chi connectivity index (χ4n) is 2.03. The number of carbonyl (C=O) groups excluding carboxylic acids is 1. The van der Waals surface area contributed by atoms with Gasteiger partial charge in [-0.05, 0) is 36.2 Å². The van der Waals surface area contributed by atoms with Crippen LogP contribution < -0.4 is 10.2 Å². The summed E-state index contributed by atoms with van der Waals surface area (Å²) in [6.45, 7) is -0.0200. The molecule has 1 heterocycles. The average Bonchev–Trinajstić information content (AvgIpc) is 2.86. The predicted octanol–water partition coefficient (Wildman–Crippen LogP) is 0.474. The highest BCUT2D eigenvalue weighted by Crippen LogP contribution is 2.18. The lowest BCUT2D eigenvalue weighted by atomic mass is 10.1. The minimum absolute atomic E-state index is 0.0200. The summed E-state index contributed by atoms with van der Waals surface area (Å²) in [5.41, 5.74) is 3.09. The van der Waals surface area contributed by atoms with Gasteiger partial charge in [0.2, 0.25) is 5.91 Å². The molecule has 0 aliphatic carbocycles. The first-order valence-electron chi connectivity index (χ1n) is 6.63. The third-order valence-electron chi connectivity index (χ3n) is 3.18. The standard InChI is InChI=1S/C14H15N3O4S/c15-6-7-21-13-3-1-11(2-4-13)9-16-17-14(18)12-5-8-22(19,20)10-12/h1-4,9,12H,5,7-8,10H2,(H,17,18)/b16-9-/t12-/m0/s1. The summed E-state index contributed by atoms with van der Waals surface area (Å²) in [6, 6.07) is 8.69. The summed E-state index contributed by atoms with van der Waals surface area (Å²) in [5.74, 6) is -0.396. The zero-order valence-corrected chi connectivity index (χ0v) is 12.5. The molecule has 1 fully saturated rings. The molecule has 1 saturated heterocycles. The summed E-state index contributed by atoms with van der Waals surface area (Å²) in [5, 5.41) is 12.2. The van der Waals surface area contributed by atoms with Gasteiger partial charge in [0.15, 0.2) is 16.4 Å². The molecule has 1 aliphatic heterocycles. The summed E-state index contributed by atoms with van der Waals surface area (Å²) >= 11 is 0. The minimum Gasteiger partial charge on any atom is -0.479 e. The first-order valence-corrected chi connectivity index (χ1v) is 8.45. The van der Waals surface area contributed by atoms with Crippen LogP contribution in [0, 0.1) is 17.2 Å². The smallest absolute Gasteiger partial charge is 0.244 e. The van der Waals surface area contributed by atoms with E-state index in [4.69, 9.17) is 10.00 Å². The number of benzene rings is 1. The second-order valence-electron chi connectivity index (χ2n) is 4.85. The fourth-order valence-corrected chi connectivity index (χ4v) is 3.77. The largest absolute Gasteiger partial charge is 0.479 e. The van der Waals surface area contributed by atoms with Gasteiger partial charge >= 0.3 is 0 Å². The van der Waals surface area contributed by atoms with Crippen molar-refractivity contribution in [1.82, 2.24) is 5.43 Å². The zero-order chi connectivity index (χ0) is 16.0. The number of sulfone groups is 1. The van der Waals surface area contributed by atoms with Crippen molar-refractivity contribution in [3.63, 3.8) is 0 Å². The van der Waals surface area contributed by atoms with Crippen LogP contribution in [0.1, 0.15) is 12.0 Å². The molecule has 0 unspecified atom stereocenters. The SMILES string of the molecule is N#CCOc1ccc(/C=N\NC(=O)[C@H]2CCS(=O)(=O)C2)cc1. The van der Waals surface area contributed by atoms with E-state index >= 15 is 0 Å². The van der Waals surface area contributed by atoms with Crippen LogP contribution in [-0.4, -0.2) is 38.7 Å². The molecule has 8 heteroatoms. The van der Waals surface area contributed by atoms with Crippen molar-refractivity contribution in [2.75, 3.05) is 18.1 Å². The van der Waals surface area contributed by atoms with Crippen molar-refractivity contribution >= 4 is 22.0 Å². The molecular weight excluding hydrogens is 306 g/mol. The molecule has 2 rings (SSSR count). The number of ether oxygens (including phenoxy) is 1. The van der Waals surface area contributed by atoms with Crippen LogP contribution in [0.25, 0.3) is 0 Å². The van der Waals surface area contributed by atoms with Crippen molar-refractivity contribution in [2.24, 2.45) is 11.0 Å². The lowest BCUT2D eigenvalue weighted by Crippen LogP contribution is -2.27. The molecule has 0 aromatic heterocycles. The highest BCUT2D eigenvalue weighted by Gasteiger charge is 2.32. The lowest BCUT2D eigenvalue weighted by molar-refractivity contribution is -0.124. The van der Waals surface area contributed by atoms with Crippen molar-refractivity contribution in [3.05, 3.63) is 29.8 Å². The summed E-state index contributed by atoms with van der Waals surface area (Å²) in [4.78, 5) is 11.8. The molecule has 0 saturated carbocycles. The highest BCUT2D eigenvalue weighted by atomic mass is 32.2. The fraction of sp³-hybridized carbons (Fsp3) is 0.357. The number of carbonyl (C=O) groups is 1. The molecule has 1 atom stereocenters. The number of hydrazone groups is 1. The monoisotopic (exact) mass is 321 g/mol. The van der Waals surface area contributed by atoms with E-state index in [1.165, 1.54) is 6.21 Å². The number of hydrogen-bond donors (Lipinski definition) is 1. The Morgan fingerprint density at radius 2 is 2.18 bits per heavy atom. The normalized spacial score (nSPS) is 19.7. The molecule has 1 amide bonds. The van der Waals surface area contributed by atoms with Crippen LogP contribution in [0.4, 0.5) is 0 Å². The number of nitrogens with zero attached hydrogens (tertiary/aromatic N) is 2. The number of nitriles is 1. The van der Waals surface area contributed by atoms with Crippen LogP contribution in [0.15, 0.2) is 29.4 Å². The van der Waals surface area contributed by atoms with Gasteiger partial charge in [-0.1, -0.05) is 0 Å². The van der Waals surface area contributed by atoms with Gasteiger partial charge in [-0.3, -0.25) is 4.79 Å². The van der Waals surface area contributed by atoms with Crippen molar-refractivity contribution < 1.29 is 17.9 Å². The molecule has 116 valence electrons. The maximum Gasteiger partial charge on any atom is 0.244 e. The summed E-state index contributed by atoms with van der Waals surface area (Å²) < 4.78 is 27.7. The van der Waals surface area contributed by atoms with Gasteiger partial charge in [-0.25, -0.2) is 13.8 Å². The quantitative estimate of drug-likeness (QED) is 0.626. The number of hydrogen-bond acceptors (Lipinski definition) is 6. The van der Waals surface area contributed by atoms with E-state index in [1.54, 1.807) is 24.3 Å². The van der Waals surface area contributed by atoms with E-state index in [9.17, 15) is 13.2 Å². The van der Waals surface area contributed by atoms with E-state index in [0.717, 1.165) is 5.56 Å². The maximum atomic E-state index is 11.8. The molecule has 0 spiro atoms. The van der Waals surface area contributed by atoms with Crippen LogP contribution in [-0.2, 0) is 14.6 Å². The van der Waals surface area contributed by atoms with Gasteiger partial charge < -0.3 is 4.74 Å². The number of nitrogens with one attached hydrogen (secondary N) is 1. The van der Waals surface area contributed by atoms with Gasteiger partial charge in [0.25, 0.3) is 0 Å². The minimum atomic E-state index is -3.08. The maximum absolute atomic E-state index is 11.8. The zero-order valence-electron chi connectivity index (χ0n) is 11.7. The van der Waals surface area contributed by atoms with E-state index in [1.807, 2.05) is 6.07 Å². The highest BCUT2D eigenvalue weighted by molar-refractivity contribution is 7.91. The lowest BCUT2D eigenvalue weighted by Gasteiger charge is -2.04. The van der Waals surface area contributed by atoms with Crippen molar-refractivity contribution in [2.45, 2.75) is 6.42 Å². The average molecular weight is 321 g/mol. The van der Waals surface area contributed by atoms with E-state index in [2.05, 4.69) is 10.5 Å². The third kappa shape index (κ3) is 4.56. The molecule has 22 heavy (non-hydrogen) atoms. The Morgan fingerprint density at radius 1 is 1.45 bits per heavy atom. The van der Waals surface area contributed by atoms with Crippen LogP contribution >= 0.6 is 0 Å². The van der Waals surface area contributed by atoms with Crippen molar-refractivity contribution in [3.8, 4) is 11.8 Å². The molecule has 1 aliphatic rings. The first-order chi connectivity index (χ1) is 10.5. The third-order valence-corrected chi connectivity index (χ3v) is 4.94. The van der Waals surface area contributed by atoms with Crippen LogP contribution in [0.3, 0.4) is 0 Å². The van der Waals surface area contributed by atoms with E-state index in [-0.39, 0.29) is 24.0 Å². The van der Waals surface area contributed by atoms with Gasteiger partial charge in [0.1, 0.15) is 11.8 Å². The second-order valence-corrected chi connectivity index (χ2v) is 7.08. The predicted molar refractivity (Wildman–Crippen MR) is 80.0 cm³/mol. The van der Waals surface area contributed by atoms with Gasteiger partial charge in [0, 0.05) is 0 Å². The van der Waals surface area contributed by atoms with Crippen LogP contribution in [0.2, 0.25) is 0 Å². The van der Waals surface area contributed by atoms with E-state index in [0.29, 0.717) is 12.2 Å². The molecule has 1 aromatic carbocycles. The number of amides is 1. The summed E-state index contributed by atoms with van der Waals surface area (Å²) in [7, 11) is -3.08. The molecule has 1 aromatic rings. The number of rotatable bonds is 5. The molecule has 0 bridgehead atoms. The Hall–Kier alpha value is -2.40. The topological polar surface area (TPSA) is 109 Å². The van der Waals surface area contributed by atoms with E-state index < -0.39 is 15.8 Å². The Bertz CT molecular complexity index is 705. The second kappa shape index (κ2) is 7.04. The molecule has 0 radical (unpaired) electrons. The Balaban J connectivity index is 1.85. The Labute approximate surface area is 128 Å². The Kier molecular flexibility index (Phi) is 5.12. The Morgan fingerprint density at radius 3 is 2.77 bits per heavy atom. The first kappa shape index (κ1) is 16.0. The molecule has 1 N–H and O–H groups in total. The van der Waals surface area contributed by atoms with Crippen molar-refractivity contribution in [1.29, 1.82) is 5.26 Å². The molecular formula is C14H15N3O4S.